The highest BCUT2D eigenvalue weighted by molar-refractivity contribution is 7.80. The zero-order chi connectivity index (χ0) is 9.68. The molecule has 0 spiro atoms. The molecule has 0 radical (unpaired) electrons. The maximum absolute atomic E-state index is 11.4. The first-order valence-electron chi connectivity index (χ1n) is 4.06. The van der Waals surface area contributed by atoms with Crippen molar-refractivity contribution in [2.45, 2.75) is 12.8 Å². The van der Waals surface area contributed by atoms with Crippen LogP contribution in [0.4, 0.5) is 0 Å². The number of thiocarbonyl (C=S) groups is 1. The number of carbonyl (C=O) groups is 1. The number of hydrogen-bond donors (Lipinski definition) is 1. The predicted molar refractivity (Wildman–Crippen MR) is 56.8 cm³/mol. The van der Waals surface area contributed by atoms with Gasteiger partial charge in [0, 0.05) is 18.4 Å². The van der Waals surface area contributed by atoms with Crippen molar-refractivity contribution in [3.05, 3.63) is 35.9 Å². The van der Waals surface area contributed by atoms with Crippen molar-refractivity contribution in [3.63, 3.8) is 0 Å². The van der Waals surface area contributed by atoms with E-state index in [1.54, 1.807) is 12.1 Å². The van der Waals surface area contributed by atoms with Gasteiger partial charge in [-0.2, -0.15) is 0 Å². The second-order valence-corrected chi connectivity index (χ2v) is 3.28. The highest BCUT2D eigenvalue weighted by atomic mass is 32.1. The van der Waals surface area contributed by atoms with Crippen LogP contribution in [0.2, 0.25) is 0 Å². The summed E-state index contributed by atoms with van der Waals surface area (Å²) in [6.07, 6.45) is 0.891. The fourth-order valence-electron chi connectivity index (χ4n) is 1.01. The summed E-state index contributed by atoms with van der Waals surface area (Å²) in [5.41, 5.74) is 6.02. The van der Waals surface area contributed by atoms with E-state index in [-0.39, 0.29) is 5.78 Å². The first kappa shape index (κ1) is 9.86. The van der Waals surface area contributed by atoms with Crippen LogP contribution < -0.4 is 5.73 Å². The summed E-state index contributed by atoms with van der Waals surface area (Å²) in [4.78, 5) is 11.8. The maximum Gasteiger partial charge on any atom is 0.163 e. The van der Waals surface area contributed by atoms with Crippen molar-refractivity contribution in [1.29, 1.82) is 0 Å². The molecule has 0 amide bonds. The summed E-state index contributed by atoms with van der Waals surface area (Å²) in [6.45, 7) is 0. The minimum Gasteiger partial charge on any atom is -0.393 e. The van der Waals surface area contributed by atoms with Gasteiger partial charge in [-0.3, -0.25) is 4.79 Å². The molecule has 68 valence electrons. The average molecular weight is 193 g/mol. The fraction of sp³-hybridized carbons (Fsp3) is 0.200. The van der Waals surface area contributed by atoms with Crippen LogP contribution in [0.5, 0.6) is 0 Å². The van der Waals surface area contributed by atoms with Crippen LogP contribution in [0.15, 0.2) is 30.3 Å². The molecule has 0 saturated heterocycles. The molecule has 0 saturated carbocycles. The van der Waals surface area contributed by atoms with Crippen molar-refractivity contribution in [1.82, 2.24) is 0 Å². The van der Waals surface area contributed by atoms with E-state index in [9.17, 15) is 4.79 Å². The molecule has 1 rings (SSSR count). The van der Waals surface area contributed by atoms with Crippen LogP contribution in [-0.4, -0.2) is 10.8 Å². The summed E-state index contributed by atoms with van der Waals surface area (Å²) < 4.78 is 0. The van der Waals surface area contributed by atoms with Gasteiger partial charge in [-0.15, -0.1) is 0 Å². The Kier molecular flexibility index (Phi) is 3.58. The standard InChI is InChI=1S/C10H11NOS/c11-10(13)7-6-9(12)8-4-2-1-3-5-8/h1-5H,6-7H2,(H2,11,13). The molecule has 0 unspecified atom stereocenters. The van der Waals surface area contributed by atoms with Crippen molar-refractivity contribution < 1.29 is 4.79 Å². The van der Waals surface area contributed by atoms with Gasteiger partial charge in [0.15, 0.2) is 5.78 Å². The number of hydrogen-bond acceptors (Lipinski definition) is 2. The van der Waals surface area contributed by atoms with E-state index in [0.717, 1.165) is 5.56 Å². The molecule has 3 heteroatoms. The lowest BCUT2D eigenvalue weighted by Gasteiger charge is -1.98. The third-order valence-corrected chi connectivity index (χ3v) is 1.90. The van der Waals surface area contributed by atoms with E-state index in [0.29, 0.717) is 17.8 Å². The average Bonchev–Trinajstić information content (AvgIpc) is 2.15. The summed E-state index contributed by atoms with van der Waals surface area (Å²) in [6, 6.07) is 9.15. The van der Waals surface area contributed by atoms with E-state index in [2.05, 4.69) is 12.2 Å². The molecule has 0 bridgehead atoms. The Bertz CT molecular complexity index is 308. The van der Waals surface area contributed by atoms with Crippen LogP contribution in [0.1, 0.15) is 23.2 Å². The lowest BCUT2D eigenvalue weighted by molar-refractivity contribution is 0.0985. The smallest absolute Gasteiger partial charge is 0.163 e. The number of ketones is 1. The minimum atomic E-state index is 0.0911. The Labute approximate surface area is 82.8 Å². The maximum atomic E-state index is 11.4. The Morgan fingerprint density at radius 3 is 2.38 bits per heavy atom. The van der Waals surface area contributed by atoms with Gasteiger partial charge in [0.2, 0.25) is 0 Å². The summed E-state index contributed by atoms with van der Waals surface area (Å²) in [5, 5.41) is 0. The quantitative estimate of drug-likeness (QED) is 0.587. The van der Waals surface area contributed by atoms with Gasteiger partial charge in [-0.1, -0.05) is 42.5 Å². The van der Waals surface area contributed by atoms with Gasteiger partial charge in [0.25, 0.3) is 0 Å². The molecule has 2 nitrogen and oxygen atoms in total. The minimum absolute atomic E-state index is 0.0911. The molecule has 1 aromatic rings. The highest BCUT2D eigenvalue weighted by Crippen LogP contribution is 2.04. The predicted octanol–water partition coefficient (Wildman–Crippen LogP) is 1.94. The molecular weight excluding hydrogens is 182 g/mol. The van der Waals surface area contributed by atoms with E-state index in [1.807, 2.05) is 18.2 Å². The Balaban J connectivity index is 2.54. The number of benzene rings is 1. The van der Waals surface area contributed by atoms with Gasteiger partial charge in [-0.25, -0.2) is 0 Å². The van der Waals surface area contributed by atoms with Crippen molar-refractivity contribution in [3.8, 4) is 0 Å². The Morgan fingerprint density at radius 2 is 1.85 bits per heavy atom. The largest absolute Gasteiger partial charge is 0.393 e. The van der Waals surface area contributed by atoms with E-state index >= 15 is 0 Å². The molecule has 0 heterocycles. The van der Waals surface area contributed by atoms with Gasteiger partial charge >= 0.3 is 0 Å². The van der Waals surface area contributed by atoms with Gasteiger partial charge in [0.05, 0.1) is 4.99 Å². The van der Waals surface area contributed by atoms with E-state index in [1.165, 1.54) is 0 Å². The van der Waals surface area contributed by atoms with Gasteiger partial charge in [-0.05, 0) is 0 Å². The second kappa shape index (κ2) is 4.72. The van der Waals surface area contributed by atoms with E-state index < -0.39 is 0 Å². The molecule has 13 heavy (non-hydrogen) atoms. The highest BCUT2D eigenvalue weighted by Gasteiger charge is 2.04. The summed E-state index contributed by atoms with van der Waals surface area (Å²) in [5.74, 6) is 0.0911. The van der Waals surface area contributed by atoms with Gasteiger partial charge in [0.1, 0.15) is 0 Å². The molecule has 0 aliphatic heterocycles. The Morgan fingerprint density at radius 1 is 1.23 bits per heavy atom. The van der Waals surface area contributed by atoms with Crippen LogP contribution in [0.25, 0.3) is 0 Å². The number of Topliss-reactive ketones (excluding diaryl/α,β-unsaturated/α-hetero) is 1. The first-order valence-corrected chi connectivity index (χ1v) is 4.47. The van der Waals surface area contributed by atoms with E-state index in [4.69, 9.17) is 5.73 Å². The molecule has 0 aliphatic carbocycles. The second-order valence-electron chi connectivity index (χ2n) is 2.76. The SMILES string of the molecule is NC(=S)CCC(=O)c1ccccc1. The third-order valence-electron chi connectivity index (χ3n) is 1.69. The van der Waals surface area contributed by atoms with Gasteiger partial charge < -0.3 is 5.73 Å². The third kappa shape index (κ3) is 3.34. The summed E-state index contributed by atoms with van der Waals surface area (Å²) in [7, 11) is 0. The molecule has 0 aliphatic rings. The number of carbonyl (C=O) groups excluding carboxylic acids is 1. The fourth-order valence-corrected chi connectivity index (χ4v) is 1.11. The van der Waals surface area contributed by atoms with Crippen molar-refractivity contribution in [2.75, 3.05) is 0 Å². The lowest BCUT2D eigenvalue weighted by atomic mass is 10.1. The first-order chi connectivity index (χ1) is 6.20. The molecule has 0 aromatic heterocycles. The normalized spacial score (nSPS) is 9.54. The Hall–Kier alpha value is -1.22. The topological polar surface area (TPSA) is 43.1 Å². The van der Waals surface area contributed by atoms with Crippen LogP contribution >= 0.6 is 12.2 Å². The molecule has 0 atom stereocenters. The molecule has 0 fully saturated rings. The zero-order valence-corrected chi connectivity index (χ0v) is 8.01. The zero-order valence-electron chi connectivity index (χ0n) is 7.19. The monoisotopic (exact) mass is 193 g/mol. The number of nitrogens with two attached hydrogens (primary N) is 1. The van der Waals surface area contributed by atoms with Crippen LogP contribution in [0.3, 0.4) is 0 Å². The lowest BCUT2D eigenvalue weighted by Crippen LogP contribution is -2.10. The van der Waals surface area contributed by atoms with Crippen LogP contribution in [-0.2, 0) is 0 Å². The van der Waals surface area contributed by atoms with Crippen molar-refractivity contribution in [2.24, 2.45) is 5.73 Å². The number of rotatable bonds is 4. The molecular formula is C10H11NOS. The molecule has 1 aromatic carbocycles. The van der Waals surface area contributed by atoms with Crippen LogP contribution in [0, 0.1) is 0 Å². The van der Waals surface area contributed by atoms with Crippen molar-refractivity contribution >= 4 is 23.0 Å². The summed E-state index contributed by atoms with van der Waals surface area (Å²) >= 11 is 4.69. The molecule has 2 N–H and O–H groups in total.